The second-order valence-electron chi connectivity index (χ2n) is 6.45. The second kappa shape index (κ2) is 6.64. The zero-order valence-electron chi connectivity index (χ0n) is 14.7. The number of phenols is 4. The van der Waals surface area contributed by atoms with Crippen molar-refractivity contribution in [1.82, 2.24) is 5.32 Å². The van der Waals surface area contributed by atoms with Gasteiger partial charge in [0.15, 0.2) is 0 Å². The lowest BCUT2D eigenvalue weighted by atomic mass is 10.1. The average molecular weight is 393 g/mol. The lowest BCUT2D eigenvalue weighted by Crippen LogP contribution is -2.19. The van der Waals surface area contributed by atoms with Gasteiger partial charge in [0.25, 0.3) is 11.8 Å². The Hall–Kier alpha value is -4.40. The average Bonchev–Trinajstić information content (AvgIpc) is 2.87. The van der Waals surface area contributed by atoms with E-state index in [1.807, 2.05) is 0 Å². The van der Waals surface area contributed by atoms with E-state index >= 15 is 0 Å². The first kappa shape index (κ1) is 18.0. The predicted octanol–water partition coefficient (Wildman–Crippen LogP) is 2.88. The highest BCUT2D eigenvalue weighted by atomic mass is 16.3. The number of aromatic hydroxyl groups is 4. The molecule has 9 heteroatoms. The first-order valence-electron chi connectivity index (χ1n) is 8.42. The fraction of sp³-hybridized carbons (Fsp3) is 0. The van der Waals surface area contributed by atoms with Crippen molar-refractivity contribution in [3.05, 3.63) is 59.7 Å². The monoisotopic (exact) mass is 393 g/mol. The number of hydrogen-bond acceptors (Lipinski definition) is 8. The summed E-state index contributed by atoms with van der Waals surface area (Å²) in [6.45, 7) is 0. The van der Waals surface area contributed by atoms with Gasteiger partial charge in [-0.2, -0.15) is 0 Å². The number of phenolic OH excluding ortho intramolecular Hbond substituents is 4. The molecule has 0 saturated carbocycles. The molecule has 4 rings (SSSR count). The van der Waals surface area contributed by atoms with Gasteiger partial charge in [-0.3, -0.25) is 14.9 Å². The van der Waals surface area contributed by atoms with E-state index in [9.17, 15) is 30.0 Å². The SMILES string of the molecule is O=C1NC(=O)c2cc(Nc3cc(O)cc(O)c3)c(Nc3cc(O)cc(O)c3)cc21. The van der Waals surface area contributed by atoms with Crippen LogP contribution >= 0.6 is 0 Å². The predicted molar refractivity (Wildman–Crippen MR) is 104 cm³/mol. The van der Waals surface area contributed by atoms with Gasteiger partial charge >= 0.3 is 0 Å². The lowest BCUT2D eigenvalue weighted by Gasteiger charge is -2.16. The Kier molecular flexibility index (Phi) is 4.12. The number of carbonyl (C=O) groups is 2. The molecule has 0 aromatic heterocycles. The van der Waals surface area contributed by atoms with Crippen molar-refractivity contribution < 1.29 is 30.0 Å². The topological polar surface area (TPSA) is 151 Å². The number of rotatable bonds is 4. The van der Waals surface area contributed by atoms with Gasteiger partial charge in [-0.05, 0) is 12.1 Å². The maximum atomic E-state index is 12.0. The molecule has 2 amide bonds. The fourth-order valence-corrected chi connectivity index (χ4v) is 3.07. The summed E-state index contributed by atoms with van der Waals surface area (Å²) in [6.07, 6.45) is 0. The maximum Gasteiger partial charge on any atom is 0.259 e. The van der Waals surface area contributed by atoms with Crippen molar-refractivity contribution in [3.8, 4) is 23.0 Å². The Balaban J connectivity index is 1.80. The molecule has 0 spiro atoms. The minimum absolute atomic E-state index is 0.159. The Morgan fingerprint density at radius 1 is 0.552 bits per heavy atom. The van der Waals surface area contributed by atoms with Gasteiger partial charge in [0.05, 0.1) is 22.5 Å². The van der Waals surface area contributed by atoms with Crippen LogP contribution in [-0.2, 0) is 0 Å². The molecule has 1 aliphatic heterocycles. The van der Waals surface area contributed by atoms with E-state index in [2.05, 4.69) is 16.0 Å². The Morgan fingerprint density at radius 2 is 0.897 bits per heavy atom. The van der Waals surface area contributed by atoms with Crippen LogP contribution in [0, 0.1) is 0 Å². The second-order valence-corrected chi connectivity index (χ2v) is 6.45. The van der Waals surface area contributed by atoms with Crippen molar-refractivity contribution in [2.45, 2.75) is 0 Å². The van der Waals surface area contributed by atoms with Crippen LogP contribution in [0.4, 0.5) is 22.7 Å². The summed E-state index contributed by atoms with van der Waals surface area (Å²) in [5, 5.41) is 46.9. The van der Waals surface area contributed by atoms with Crippen LogP contribution in [0.2, 0.25) is 0 Å². The highest BCUT2D eigenvalue weighted by Gasteiger charge is 2.28. The zero-order chi connectivity index (χ0) is 20.7. The minimum Gasteiger partial charge on any atom is -0.508 e. The van der Waals surface area contributed by atoms with Gasteiger partial charge < -0.3 is 31.1 Å². The molecule has 0 unspecified atom stereocenters. The number of hydrogen-bond donors (Lipinski definition) is 7. The summed E-state index contributed by atoms with van der Waals surface area (Å²) in [7, 11) is 0. The van der Waals surface area contributed by atoms with Crippen LogP contribution in [0.15, 0.2) is 48.5 Å². The number of anilines is 4. The molecule has 0 radical (unpaired) electrons. The van der Waals surface area contributed by atoms with Crippen LogP contribution < -0.4 is 16.0 Å². The molecule has 146 valence electrons. The van der Waals surface area contributed by atoms with Crippen molar-refractivity contribution in [2.24, 2.45) is 0 Å². The van der Waals surface area contributed by atoms with Crippen LogP contribution in [0.1, 0.15) is 20.7 Å². The van der Waals surface area contributed by atoms with Crippen LogP contribution in [0.5, 0.6) is 23.0 Å². The third-order valence-electron chi connectivity index (χ3n) is 4.24. The van der Waals surface area contributed by atoms with Gasteiger partial charge in [0.2, 0.25) is 0 Å². The first-order chi connectivity index (χ1) is 13.8. The fourth-order valence-electron chi connectivity index (χ4n) is 3.07. The molecular formula is C20H15N3O6. The van der Waals surface area contributed by atoms with Crippen LogP contribution in [-0.4, -0.2) is 32.2 Å². The zero-order valence-corrected chi connectivity index (χ0v) is 14.7. The third-order valence-corrected chi connectivity index (χ3v) is 4.24. The molecule has 0 fully saturated rings. The molecule has 0 bridgehead atoms. The molecule has 0 atom stereocenters. The molecular weight excluding hydrogens is 378 g/mol. The molecule has 29 heavy (non-hydrogen) atoms. The minimum atomic E-state index is -0.548. The number of benzene rings is 3. The molecule has 1 heterocycles. The summed E-state index contributed by atoms with van der Waals surface area (Å²) in [5.41, 5.74) is 1.67. The molecule has 7 N–H and O–H groups in total. The van der Waals surface area contributed by atoms with Crippen molar-refractivity contribution >= 4 is 34.6 Å². The summed E-state index contributed by atoms with van der Waals surface area (Å²) >= 11 is 0. The lowest BCUT2D eigenvalue weighted by molar-refractivity contribution is 0.0879. The number of fused-ring (bicyclic) bond motifs is 1. The number of carbonyl (C=O) groups excluding carboxylic acids is 2. The molecule has 3 aromatic carbocycles. The van der Waals surface area contributed by atoms with E-state index in [-0.39, 0.29) is 34.1 Å². The van der Waals surface area contributed by atoms with E-state index in [1.54, 1.807) is 0 Å². The quantitative estimate of drug-likeness (QED) is 0.334. The number of imide groups is 1. The van der Waals surface area contributed by atoms with Gasteiger partial charge in [0.1, 0.15) is 23.0 Å². The molecule has 9 nitrogen and oxygen atoms in total. The van der Waals surface area contributed by atoms with E-state index < -0.39 is 11.8 Å². The largest absolute Gasteiger partial charge is 0.508 e. The summed E-state index contributed by atoms with van der Waals surface area (Å²) in [4.78, 5) is 24.0. The molecule has 1 aliphatic rings. The summed E-state index contributed by atoms with van der Waals surface area (Å²) in [5.74, 6) is -1.78. The van der Waals surface area contributed by atoms with Gasteiger partial charge in [-0.25, -0.2) is 0 Å². The molecule has 0 aliphatic carbocycles. The van der Waals surface area contributed by atoms with E-state index in [1.165, 1.54) is 36.4 Å². The Bertz CT molecular complexity index is 1040. The molecule has 0 saturated heterocycles. The van der Waals surface area contributed by atoms with Gasteiger partial charge in [-0.1, -0.05) is 0 Å². The Labute approximate surface area is 163 Å². The highest BCUT2D eigenvalue weighted by molar-refractivity contribution is 6.22. The summed E-state index contributed by atoms with van der Waals surface area (Å²) in [6, 6.07) is 10.7. The van der Waals surface area contributed by atoms with Crippen LogP contribution in [0.3, 0.4) is 0 Å². The van der Waals surface area contributed by atoms with E-state index in [0.717, 1.165) is 12.1 Å². The normalized spacial score (nSPS) is 12.4. The van der Waals surface area contributed by atoms with Gasteiger partial charge in [0, 0.05) is 47.8 Å². The number of amides is 2. The van der Waals surface area contributed by atoms with Crippen LogP contribution in [0.25, 0.3) is 0 Å². The van der Waals surface area contributed by atoms with Gasteiger partial charge in [-0.15, -0.1) is 0 Å². The maximum absolute atomic E-state index is 12.0. The number of nitrogens with one attached hydrogen (secondary N) is 3. The highest BCUT2D eigenvalue weighted by Crippen LogP contribution is 2.36. The molecule has 3 aromatic rings. The smallest absolute Gasteiger partial charge is 0.259 e. The Morgan fingerprint density at radius 3 is 1.24 bits per heavy atom. The standard InChI is InChI=1S/C20H15N3O6/c24-11-1-9(2-12(25)5-11)21-17-7-15-16(20(29)23-19(15)28)8-18(17)22-10-3-13(26)6-14(27)4-10/h1-8,21-22,24-27H,(H,23,28,29). The van der Waals surface area contributed by atoms with Crippen molar-refractivity contribution in [2.75, 3.05) is 10.6 Å². The van der Waals surface area contributed by atoms with Crippen molar-refractivity contribution in [1.29, 1.82) is 0 Å². The first-order valence-corrected chi connectivity index (χ1v) is 8.42. The van der Waals surface area contributed by atoms with Crippen molar-refractivity contribution in [3.63, 3.8) is 0 Å². The van der Waals surface area contributed by atoms with E-state index in [4.69, 9.17) is 0 Å². The van der Waals surface area contributed by atoms with E-state index in [0.29, 0.717) is 22.7 Å². The summed E-state index contributed by atoms with van der Waals surface area (Å²) < 4.78 is 0. The third kappa shape index (κ3) is 3.56.